The molecule has 1 saturated heterocycles. The van der Waals surface area contributed by atoms with E-state index in [1.165, 1.54) is 18.2 Å². The van der Waals surface area contributed by atoms with Gasteiger partial charge in [0.25, 0.3) is 5.91 Å². The zero-order chi connectivity index (χ0) is 17.1. The molecule has 6 nitrogen and oxygen atoms in total. The number of carbonyl (C=O) groups excluding carboxylic acids is 1. The number of aryl methyl sites for hydroxylation is 1. The van der Waals surface area contributed by atoms with Crippen LogP contribution in [0.1, 0.15) is 39.5 Å². The fourth-order valence-electron chi connectivity index (χ4n) is 2.78. The maximum Gasteiger partial charge on any atom is 0.255 e. The van der Waals surface area contributed by atoms with Gasteiger partial charge in [-0.15, -0.1) is 0 Å². The lowest BCUT2D eigenvalue weighted by Gasteiger charge is -2.09. The van der Waals surface area contributed by atoms with Crippen LogP contribution in [0.3, 0.4) is 0 Å². The van der Waals surface area contributed by atoms with Crippen LogP contribution in [0.25, 0.3) is 0 Å². The lowest BCUT2D eigenvalue weighted by atomic mass is 10.0. The third-order valence-electron chi connectivity index (χ3n) is 4.03. The predicted octanol–water partition coefficient (Wildman–Crippen LogP) is 1.86. The third-order valence-corrected chi connectivity index (χ3v) is 4.03. The van der Waals surface area contributed by atoms with Crippen LogP contribution in [0.5, 0.6) is 0 Å². The summed E-state index contributed by atoms with van der Waals surface area (Å²) in [6.07, 6.45) is 2.49. The maximum atomic E-state index is 13.8. The second-order valence-electron chi connectivity index (χ2n) is 5.76. The first-order valence-electron chi connectivity index (χ1n) is 7.66. The highest BCUT2D eigenvalue weighted by atomic mass is 19.1. The predicted molar refractivity (Wildman–Crippen MR) is 83.7 cm³/mol. The van der Waals surface area contributed by atoms with Crippen molar-refractivity contribution in [3.05, 3.63) is 52.6 Å². The highest BCUT2D eigenvalue weighted by Gasteiger charge is 2.26. The lowest BCUT2D eigenvalue weighted by molar-refractivity contribution is 0.0949. The van der Waals surface area contributed by atoms with E-state index in [4.69, 9.17) is 10.00 Å². The molecule has 1 N–H and O–H groups in total. The molecule has 0 unspecified atom stereocenters. The lowest BCUT2D eigenvalue weighted by Crippen LogP contribution is -2.24. The molecule has 1 aromatic carbocycles. The number of nitrogens with one attached hydrogen (secondary N) is 1. The molecule has 0 aliphatic carbocycles. The van der Waals surface area contributed by atoms with E-state index in [0.29, 0.717) is 30.0 Å². The first-order valence-corrected chi connectivity index (χ1v) is 7.66. The first-order chi connectivity index (χ1) is 11.6. The molecule has 2 heterocycles. The molecule has 7 heteroatoms. The van der Waals surface area contributed by atoms with E-state index in [9.17, 15) is 9.18 Å². The van der Waals surface area contributed by atoms with Crippen LogP contribution in [0.2, 0.25) is 0 Å². The molecule has 1 amide bonds. The topological polar surface area (TPSA) is 79.9 Å². The van der Waals surface area contributed by atoms with Gasteiger partial charge in [0.1, 0.15) is 5.82 Å². The molecule has 1 aromatic heterocycles. The van der Waals surface area contributed by atoms with Crippen LogP contribution in [-0.4, -0.2) is 28.9 Å². The number of hydrogen-bond acceptors (Lipinski definition) is 4. The Bertz CT molecular complexity index is 803. The fraction of sp³-hybridized carbons (Fsp3) is 0.353. The molecule has 0 radical (unpaired) electrons. The van der Waals surface area contributed by atoms with Gasteiger partial charge >= 0.3 is 0 Å². The van der Waals surface area contributed by atoms with Crippen molar-refractivity contribution in [1.82, 2.24) is 15.1 Å². The monoisotopic (exact) mass is 328 g/mol. The second kappa shape index (κ2) is 6.81. The normalized spacial score (nSPS) is 16.8. The van der Waals surface area contributed by atoms with Gasteiger partial charge in [-0.05, 0) is 24.6 Å². The van der Waals surface area contributed by atoms with Gasteiger partial charge in [0.05, 0.1) is 29.5 Å². The Balaban J connectivity index is 1.75. The number of benzene rings is 1. The van der Waals surface area contributed by atoms with Crippen LogP contribution in [0.4, 0.5) is 4.39 Å². The molecule has 1 aliphatic rings. The minimum Gasteiger partial charge on any atom is -0.381 e. The Labute approximate surface area is 138 Å². The summed E-state index contributed by atoms with van der Waals surface area (Å²) in [5, 5.41) is 16.0. The molecule has 0 saturated carbocycles. The largest absolute Gasteiger partial charge is 0.381 e. The number of carbonyl (C=O) groups is 1. The van der Waals surface area contributed by atoms with Crippen molar-refractivity contribution >= 4 is 5.91 Å². The smallest absolute Gasteiger partial charge is 0.255 e. The van der Waals surface area contributed by atoms with Crippen LogP contribution >= 0.6 is 0 Å². The van der Waals surface area contributed by atoms with E-state index in [0.717, 1.165) is 6.42 Å². The highest BCUT2D eigenvalue weighted by Crippen LogP contribution is 2.26. The van der Waals surface area contributed by atoms with Crippen molar-refractivity contribution in [2.45, 2.75) is 18.9 Å². The SMILES string of the molecule is Cn1cc(C(=O)NCc2cc(C#N)ccc2F)c([C@@H]2CCOC2)n1. The summed E-state index contributed by atoms with van der Waals surface area (Å²) in [6, 6.07) is 6.02. The molecular formula is C17H17FN4O2. The maximum absolute atomic E-state index is 13.8. The van der Waals surface area contributed by atoms with Gasteiger partial charge in [0, 0.05) is 37.9 Å². The van der Waals surface area contributed by atoms with Gasteiger partial charge in [-0.25, -0.2) is 4.39 Å². The number of amides is 1. The molecule has 0 spiro atoms. The summed E-state index contributed by atoms with van der Waals surface area (Å²) in [4.78, 5) is 12.5. The number of rotatable bonds is 4. The highest BCUT2D eigenvalue weighted by molar-refractivity contribution is 5.95. The van der Waals surface area contributed by atoms with Crippen molar-refractivity contribution in [1.29, 1.82) is 5.26 Å². The van der Waals surface area contributed by atoms with Gasteiger partial charge < -0.3 is 10.1 Å². The molecular weight excluding hydrogens is 311 g/mol. The van der Waals surface area contributed by atoms with Crippen LogP contribution in [0.15, 0.2) is 24.4 Å². The van der Waals surface area contributed by atoms with Crippen molar-refractivity contribution in [3.63, 3.8) is 0 Å². The molecule has 3 rings (SSSR count). The number of hydrogen-bond donors (Lipinski definition) is 1. The van der Waals surface area contributed by atoms with Crippen LogP contribution < -0.4 is 5.32 Å². The quantitative estimate of drug-likeness (QED) is 0.929. The average Bonchev–Trinajstić information content (AvgIpc) is 3.23. The third kappa shape index (κ3) is 3.29. The zero-order valence-corrected chi connectivity index (χ0v) is 13.3. The molecule has 2 aromatic rings. The Morgan fingerprint density at radius 2 is 2.42 bits per heavy atom. The van der Waals surface area contributed by atoms with Gasteiger partial charge in [0.2, 0.25) is 0 Å². The Morgan fingerprint density at radius 3 is 3.12 bits per heavy atom. The number of nitrogens with zero attached hydrogens (tertiary/aromatic N) is 3. The first kappa shape index (κ1) is 16.1. The minimum atomic E-state index is -0.454. The summed E-state index contributed by atoms with van der Waals surface area (Å²) in [6.45, 7) is 1.22. The van der Waals surface area contributed by atoms with Gasteiger partial charge in [0.15, 0.2) is 0 Å². The van der Waals surface area contributed by atoms with Gasteiger partial charge in [-0.3, -0.25) is 9.48 Å². The Kier molecular flexibility index (Phi) is 4.58. The summed E-state index contributed by atoms with van der Waals surface area (Å²) >= 11 is 0. The molecule has 1 fully saturated rings. The number of halogens is 1. The molecule has 124 valence electrons. The van der Waals surface area contributed by atoms with E-state index in [1.807, 2.05) is 6.07 Å². The Morgan fingerprint density at radius 1 is 1.58 bits per heavy atom. The van der Waals surface area contributed by atoms with Crippen molar-refractivity contribution in [2.75, 3.05) is 13.2 Å². The molecule has 1 aliphatic heterocycles. The average molecular weight is 328 g/mol. The van der Waals surface area contributed by atoms with Crippen molar-refractivity contribution < 1.29 is 13.9 Å². The van der Waals surface area contributed by atoms with Crippen molar-refractivity contribution in [3.8, 4) is 6.07 Å². The minimum absolute atomic E-state index is 0.00961. The van der Waals surface area contributed by atoms with E-state index >= 15 is 0 Å². The number of nitriles is 1. The number of aromatic nitrogens is 2. The van der Waals surface area contributed by atoms with E-state index in [1.54, 1.807) is 17.9 Å². The molecule has 1 atom stereocenters. The van der Waals surface area contributed by atoms with Crippen molar-refractivity contribution in [2.24, 2.45) is 7.05 Å². The number of ether oxygens (including phenoxy) is 1. The van der Waals surface area contributed by atoms with E-state index in [2.05, 4.69) is 10.4 Å². The molecule has 24 heavy (non-hydrogen) atoms. The van der Waals surface area contributed by atoms with E-state index in [-0.39, 0.29) is 23.9 Å². The van der Waals surface area contributed by atoms with Gasteiger partial charge in [-0.2, -0.15) is 10.4 Å². The summed E-state index contributed by atoms with van der Waals surface area (Å²) in [5.74, 6) is -0.665. The second-order valence-corrected chi connectivity index (χ2v) is 5.76. The van der Waals surface area contributed by atoms with Gasteiger partial charge in [-0.1, -0.05) is 0 Å². The standard InChI is InChI=1S/C17H17FN4O2/c1-22-9-14(16(21-22)12-4-5-24-10-12)17(23)20-8-13-6-11(7-19)2-3-15(13)18/h2-3,6,9,12H,4-5,8,10H2,1H3,(H,20,23)/t12-/m1/s1. The fourth-order valence-corrected chi connectivity index (χ4v) is 2.78. The van der Waals surface area contributed by atoms with E-state index < -0.39 is 5.82 Å². The summed E-state index contributed by atoms with van der Waals surface area (Å²) < 4.78 is 20.8. The summed E-state index contributed by atoms with van der Waals surface area (Å²) in [5.41, 5.74) is 1.81. The van der Waals surface area contributed by atoms with Crippen LogP contribution in [-0.2, 0) is 18.3 Å². The zero-order valence-electron chi connectivity index (χ0n) is 13.3. The summed E-state index contributed by atoms with van der Waals surface area (Å²) in [7, 11) is 1.76. The van der Waals surface area contributed by atoms with Crippen LogP contribution in [0, 0.1) is 17.1 Å². The molecule has 0 bridgehead atoms. The Hall–Kier alpha value is -2.72.